The van der Waals surface area contributed by atoms with Gasteiger partial charge >= 0.3 is 0 Å². The van der Waals surface area contributed by atoms with Gasteiger partial charge in [0.15, 0.2) is 6.29 Å². The number of nitrogens with zero attached hydrogens (tertiary/aromatic N) is 1. The van der Waals surface area contributed by atoms with Crippen molar-refractivity contribution in [3.8, 4) is 0 Å². The molecule has 0 saturated heterocycles. The van der Waals surface area contributed by atoms with E-state index in [1.54, 1.807) is 0 Å². The Hall–Kier alpha value is -1.80. The highest BCUT2D eigenvalue weighted by molar-refractivity contribution is 6.49. The van der Waals surface area contributed by atoms with Gasteiger partial charge in [-0.2, -0.15) is 0 Å². The van der Waals surface area contributed by atoms with Crippen LogP contribution in [0.4, 0.5) is 0 Å². The number of carbonyl (C=O) groups is 1. The van der Waals surface area contributed by atoms with E-state index in [-0.39, 0.29) is 0 Å². The van der Waals surface area contributed by atoms with Gasteiger partial charge in [0.25, 0.3) is 0 Å². The number of carbonyl (C=O) groups excluding carboxylic acids is 1. The molecule has 0 amide bonds. The molecule has 0 bridgehead atoms. The molecular formula is C21H24ClNO. The Kier molecular flexibility index (Phi) is 4.96. The van der Waals surface area contributed by atoms with Gasteiger partial charge in [0.05, 0.1) is 10.7 Å². The van der Waals surface area contributed by atoms with Crippen LogP contribution in [0.25, 0.3) is 5.03 Å². The minimum Gasteiger partial charge on any atom is -0.343 e. The third kappa shape index (κ3) is 3.34. The second-order valence-corrected chi connectivity index (χ2v) is 7.32. The highest BCUT2D eigenvalue weighted by Gasteiger charge is 2.34. The van der Waals surface area contributed by atoms with Crippen LogP contribution < -0.4 is 0 Å². The SMILES string of the molecule is Cc1c(C=O)c(/C(Cl)=C\Cc2ccccc2)n(CC2CC2C)c1C. The molecule has 1 fully saturated rings. The molecule has 2 atom stereocenters. The lowest BCUT2D eigenvalue weighted by molar-refractivity contribution is 0.112. The predicted molar refractivity (Wildman–Crippen MR) is 101 cm³/mol. The van der Waals surface area contributed by atoms with Gasteiger partial charge in [0.2, 0.25) is 0 Å². The first-order valence-electron chi connectivity index (χ1n) is 8.57. The van der Waals surface area contributed by atoms with Crippen molar-refractivity contribution in [2.75, 3.05) is 0 Å². The third-order valence-corrected chi connectivity index (χ3v) is 5.61. The van der Waals surface area contributed by atoms with Gasteiger partial charge in [-0.3, -0.25) is 4.79 Å². The number of hydrogen-bond acceptors (Lipinski definition) is 1. The van der Waals surface area contributed by atoms with Crippen molar-refractivity contribution < 1.29 is 4.79 Å². The predicted octanol–water partition coefficient (Wildman–Crippen LogP) is 5.40. The van der Waals surface area contributed by atoms with Crippen LogP contribution in [0.5, 0.6) is 0 Å². The van der Waals surface area contributed by atoms with Crippen LogP contribution in [-0.4, -0.2) is 10.9 Å². The van der Waals surface area contributed by atoms with E-state index < -0.39 is 0 Å². The third-order valence-electron chi connectivity index (χ3n) is 5.27. The van der Waals surface area contributed by atoms with Crippen LogP contribution >= 0.6 is 11.6 Å². The van der Waals surface area contributed by atoms with E-state index in [4.69, 9.17) is 11.6 Å². The summed E-state index contributed by atoms with van der Waals surface area (Å²) in [5.74, 6) is 1.47. The summed E-state index contributed by atoms with van der Waals surface area (Å²) in [7, 11) is 0. The zero-order chi connectivity index (χ0) is 17.3. The van der Waals surface area contributed by atoms with Crippen LogP contribution in [0.1, 0.15) is 46.2 Å². The average molecular weight is 342 g/mol. The summed E-state index contributed by atoms with van der Waals surface area (Å²) in [5, 5.41) is 0.672. The summed E-state index contributed by atoms with van der Waals surface area (Å²) in [6, 6.07) is 10.2. The zero-order valence-electron chi connectivity index (χ0n) is 14.6. The molecule has 1 aliphatic rings. The molecule has 1 heterocycles. The van der Waals surface area contributed by atoms with E-state index in [0.717, 1.165) is 47.7 Å². The summed E-state index contributed by atoms with van der Waals surface area (Å²) in [5.41, 5.74) is 5.02. The van der Waals surface area contributed by atoms with E-state index in [0.29, 0.717) is 11.0 Å². The van der Waals surface area contributed by atoms with Gasteiger partial charge in [0, 0.05) is 17.8 Å². The van der Waals surface area contributed by atoms with Gasteiger partial charge < -0.3 is 4.57 Å². The molecule has 1 aromatic heterocycles. The Morgan fingerprint density at radius 3 is 2.54 bits per heavy atom. The van der Waals surface area contributed by atoms with Crippen LogP contribution in [0, 0.1) is 25.7 Å². The minimum atomic E-state index is 0.672. The molecule has 2 nitrogen and oxygen atoms in total. The van der Waals surface area contributed by atoms with Crippen molar-refractivity contribution in [3.63, 3.8) is 0 Å². The molecule has 2 aromatic rings. The van der Waals surface area contributed by atoms with Crippen LogP contribution in [-0.2, 0) is 13.0 Å². The molecule has 0 radical (unpaired) electrons. The maximum absolute atomic E-state index is 11.7. The first-order chi connectivity index (χ1) is 11.5. The largest absolute Gasteiger partial charge is 0.343 e. The van der Waals surface area contributed by atoms with Crippen molar-refractivity contribution in [1.29, 1.82) is 0 Å². The lowest BCUT2D eigenvalue weighted by Crippen LogP contribution is -2.07. The molecule has 1 aromatic carbocycles. The lowest BCUT2D eigenvalue weighted by atomic mass is 10.1. The smallest absolute Gasteiger partial charge is 0.152 e. The van der Waals surface area contributed by atoms with Crippen molar-refractivity contribution in [2.45, 2.75) is 40.2 Å². The quantitative estimate of drug-likeness (QED) is 0.645. The number of aldehydes is 1. The fourth-order valence-electron chi connectivity index (χ4n) is 3.32. The number of rotatable bonds is 6. The Balaban J connectivity index is 1.95. The summed E-state index contributed by atoms with van der Waals surface area (Å²) in [6.45, 7) is 7.33. The Bertz CT molecular complexity index is 773. The second kappa shape index (κ2) is 6.98. The highest BCUT2D eigenvalue weighted by Crippen LogP contribution is 2.41. The molecule has 0 N–H and O–H groups in total. The van der Waals surface area contributed by atoms with E-state index >= 15 is 0 Å². The molecule has 3 rings (SSSR count). The standard InChI is InChI=1S/C21H24ClNO/c1-14-11-18(14)12-23-16(3)15(2)19(13-24)21(23)20(22)10-9-17-7-5-4-6-8-17/h4-8,10,13-14,18H,9,11-12H2,1-3H3/b20-10+. The molecule has 126 valence electrons. The molecule has 24 heavy (non-hydrogen) atoms. The van der Waals surface area contributed by atoms with E-state index in [1.807, 2.05) is 31.2 Å². The van der Waals surface area contributed by atoms with Crippen LogP contribution in [0.3, 0.4) is 0 Å². The summed E-state index contributed by atoms with van der Waals surface area (Å²) in [6.07, 6.45) is 4.99. The van der Waals surface area contributed by atoms with Crippen molar-refractivity contribution >= 4 is 22.9 Å². The fourth-order valence-corrected chi connectivity index (χ4v) is 3.61. The normalized spacial score (nSPS) is 20.2. The van der Waals surface area contributed by atoms with Crippen molar-refractivity contribution in [1.82, 2.24) is 4.57 Å². The van der Waals surface area contributed by atoms with Gasteiger partial charge in [-0.1, -0.05) is 54.9 Å². The van der Waals surface area contributed by atoms with Gasteiger partial charge in [-0.05, 0) is 49.7 Å². The Morgan fingerprint density at radius 2 is 1.96 bits per heavy atom. The van der Waals surface area contributed by atoms with Gasteiger partial charge in [-0.25, -0.2) is 0 Å². The lowest BCUT2D eigenvalue weighted by Gasteiger charge is -2.12. The van der Waals surface area contributed by atoms with Crippen molar-refractivity contribution in [2.24, 2.45) is 11.8 Å². The maximum atomic E-state index is 11.7. The first kappa shape index (κ1) is 17.0. The van der Waals surface area contributed by atoms with E-state index in [2.05, 4.69) is 30.5 Å². The maximum Gasteiger partial charge on any atom is 0.152 e. The summed E-state index contributed by atoms with van der Waals surface area (Å²) in [4.78, 5) is 11.7. The summed E-state index contributed by atoms with van der Waals surface area (Å²) < 4.78 is 2.25. The molecule has 1 aliphatic carbocycles. The zero-order valence-corrected chi connectivity index (χ0v) is 15.3. The molecule has 2 unspecified atom stereocenters. The Morgan fingerprint density at radius 1 is 1.29 bits per heavy atom. The number of allylic oxidation sites excluding steroid dienone is 1. The molecule has 3 heteroatoms. The number of hydrogen-bond donors (Lipinski definition) is 0. The first-order valence-corrected chi connectivity index (χ1v) is 8.95. The number of aromatic nitrogens is 1. The van der Waals surface area contributed by atoms with E-state index in [1.165, 1.54) is 12.0 Å². The van der Waals surface area contributed by atoms with Gasteiger partial charge in [-0.15, -0.1) is 0 Å². The second-order valence-electron chi connectivity index (χ2n) is 6.92. The van der Waals surface area contributed by atoms with Crippen LogP contribution in [0.15, 0.2) is 36.4 Å². The fraction of sp³-hybridized carbons (Fsp3) is 0.381. The Labute approximate surface area is 149 Å². The molecular weight excluding hydrogens is 318 g/mol. The van der Waals surface area contributed by atoms with Gasteiger partial charge in [0.1, 0.15) is 0 Å². The monoisotopic (exact) mass is 341 g/mol. The minimum absolute atomic E-state index is 0.672. The molecule has 0 aliphatic heterocycles. The summed E-state index contributed by atoms with van der Waals surface area (Å²) >= 11 is 6.65. The van der Waals surface area contributed by atoms with Crippen molar-refractivity contribution in [3.05, 3.63) is 64.5 Å². The molecule has 1 saturated carbocycles. The molecule has 0 spiro atoms. The highest BCUT2D eigenvalue weighted by atomic mass is 35.5. The average Bonchev–Trinajstić information content (AvgIpc) is 3.24. The van der Waals surface area contributed by atoms with Crippen LogP contribution in [0.2, 0.25) is 0 Å². The number of halogens is 1. The van der Waals surface area contributed by atoms with E-state index in [9.17, 15) is 4.79 Å². The number of benzene rings is 1. The topological polar surface area (TPSA) is 22.0 Å².